The van der Waals surface area contributed by atoms with Gasteiger partial charge in [0, 0.05) is 18.3 Å². The molecule has 6 nitrogen and oxygen atoms in total. The summed E-state index contributed by atoms with van der Waals surface area (Å²) in [6.45, 7) is 0.268. The van der Waals surface area contributed by atoms with Crippen LogP contribution >= 0.6 is 0 Å². The molecule has 2 aromatic carbocycles. The minimum Gasteiger partial charge on any atom is -0.497 e. The van der Waals surface area contributed by atoms with Gasteiger partial charge in [-0.15, -0.1) is 0 Å². The lowest BCUT2D eigenvalue weighted by atomic mass is 10.1. The zero-order valence-electron chi connectivity index (χ0n) is 11.0. The number of nitro benzene ring substituents is 1. The van der Waals surface area contributed by atoms with Crippen LogP contribution in [0.5, 0.6) is 5.75 Å². The first-order valence-electron chi connectivity index (χ1n) is 6.02. The molecule has 20 heavy (non-hydrogen) atoms. The lowest BCUT2D eigenvalue weighted by Gasteiger charge is -2.09. The molecule has 0 spiro atoms. The Morgan fingerprint density at radius 3 is 2.50 bits per heavy atom. The molecule has 0 atom stereocenters. The maximum atomic E-state index is 11.1. The van der Waals surface area contributed by atoms with Crippen molar-refractivity contribution in [3.8, 4) is 5.75 Å². The predicted molar refractivity (Wildman–Crippen MR) is 77.3 cm³/mol. The molecule has 6 heteroatoms. The van der Waals surface area contributed by atoms with E-state index in [0.717, 1.165) is 17.0 Å². The molecule has 104 valence electrons. The summed E-state index contributed by atoms with van der Waals surface area (Å²) in [5.41, 5.74) is 7.39. The van der Waals surface area contributed by atoms with Crippen LogP contribution in [0.4, 0.5) is 17.1 Å². The van der Waals surface area contributed by atoms with Gasteiger partial charge in [0.15, 0.2) is 0 Å². The maximum Gasteiger partial charge on any atom is 0.292 e. The minimum atomic E-state index is -0.426. The molecule has 0 saturated carbocycles. The van der Waals surface area contributed by atoms with Crippen molar-refractivity contribution in [3.63, 3.8) is 0 Å². The summed E-state index contributed by atoms with van der Waals surface area (Å²) in [6, 6.07) is 12.0. The first-order valence-corrected chi connectivity index (χ1v) is 6.02. The zero-order chi connectivity index (χ0) is 14.5. The molecule has 3 N–H and O–H groups in total. The highest BCUT2D eigenvalue weighted by Crippen LogP contribution is 2.29. The van der Waals surface area contributed by atoms with E-state index in [2.05, 4.69) is 5.32 Å². The molecular weight excluding hydrogens is 258 g/mol. The van der Waals surface area contributed by atoms with Crippen LogP contribution in [0.2, 0.25) is 0 Å². The van der Waals surface area contributed by atoms with Crippen molar-refractivity contribution in [2.45, 2.75) is 6.54 Å². The van der Waals surface area contributed by atoms with Gasteiger partial charge >= 0.3 is 0 Å². The third-order valence-electron chi connectivity index (χ3n) is 2.86. The molecule has 0 heterocycles. The summed E-state index contributed by atoms with van der Waals surface area (Å²) in [5, 5.41) is 14.1. The summed E-state index contributed by atoms with van der Waals surface area (Å²) < 4.78 is 5.06. The van der Waals surface area contributed by atoms with Crippen LogP contribution in [0.1, 0.15) is 5.56 Å². The van der Waals surface area contributed by atoms with Gasteiger partial charge < -0.3 is 15.8 Å². The SMILES string of the molecule is COc1ccc(Nc2ccc(CN)cc2[N+](=O)[O-])cc1. The minimum absolute atomic E-state index is 0.00349. The second-order valence-electron chi connectivity index (χ2n) is 4.17. The first kappa shape index (κ1) is 13.8. The fourth-order valence-electron chi connectivity index (χ4n) is 1.79. The number of nitro groups is 1. The molecule has 0 unspecified atom stereocenters. The third kappa shape index (κ3) is 3.04. The van der Waals surface area contributed by atoms with E-state index in [1.165, 1.54) is 6.07 Å². The summed E-state index contributed by atoms with van der Waals surface area (Å²) in [4.78, 5) is 10.7. The molecule has 0 aliphatic carbocycles. The van der Waals surface area contributed by atoms with Gasteiger partial charge in [0.25, 0.3) is 5.69 Å². The first-order chi connectivity index (χ1) is 9.63. The molecule has 0 aliphatic heterocycles. The molecule has 0 radical (unpaired) electrons. The second-order valence-corrected chi connectivity index (χ2v) is 4.17. The van der Waals surface area contributed by atoms with Crippen LogP contribution < -0.4 is 15.8 Å². The number of nitrogens with zero attached hydrogens (tertiary/aromatic N) is 1. The van der Waals surface area contributed by atoms with Crippen molar-refractivity contribution >= 4 is 17.1 Å². The highest BCUT2D eigenvalue weighted by atomic mass is 16.6. The van der Waals surface area contributed by atoms with Crippen molar-refractivity contribution < 1.29 is 9.66 Å². The third-order valence-corrected chi connectivity index (χ3v) is 2.86. The molecule has 0 aliphatic rings. The average Bonchev–Trinajstić information content (AvgIpc) is 2.48. The van der Waals surface area contributed by atoms with Gasteiger partial charge in [0.2, 0.25) is 0 Å². The van der Waals surface area contributed by atoms with Gasteiger partial charge in [-0.3, -0.25) is 10.1 Å². The van der Waals surface area contributed by atoms with E-state index in [9.17, 15) is 10.1 Å². The molecule has 0 aromatic heterocycles. The highest BCUT2D eigenvalue weighted by molar-refractivity contribution is 5.70. The van der Waals surface area contributed by atoms with E-state index < -0.39 is 4.92 Å². The summed E-state index contributed by atoms with van der Waals surface area (Å²) >= 11 is 0. The monoisotopic (exact) mass is 273 g/mol. The number of hydrogen-bond acceptors (Lipinski definition) is 5. The lowest BCUT2D eigenvalue weighted by Crippen LogP contribution is -2.01. The van der Waals surface area contributed by atoms with Gasteiger partial charge in [-0.1, -0.05) is 6.07 Å². The Balaban J connectivity index is 2.29. The molecule has 2 rings (SSSR count). The van der Waals surface area contributed by atoms with Crippen molar-refractivity contribution in [2.24, 2.45) is 5.73 Å². The van der Waals surface area contributed by atoms with Crippen molar-refractivity contribution in [1.29, 1.82) is 0 Å². The van der Waals surface area contributed by atoms with E-state index >= 15 is 0 Å². The van der Waals surface area contributed by atoms with Crippen molar-refractivity contribution in [2.75, 3.05) is 12.4 Å². The van der Waals surface area contributed by atoms with Gasteiger partial charge in [0.1, 0.15) is 11.4 Å². The number of nitrogens with two attached hydrogens (primary N) is 1. The number of anilines is 2. The number of hydrogen-bond donors (Lipinski definition) is 2. The van der Waals surface area contributed by atoms with Gasteiger partial charge in [-0.05, 0) is 35.9 Å². The number of methoxy groups -OCH3 is 1. The van der Waals surface area contributed by atoms with Crippen molar-refractivity contribution in [1.82, 2.24) is 0 Å². The Labute approximate surface area is 116 Å². The quantitative estimate of drug-likeness (QED) is 0.645. The Hall–Kier alpha value is -2.60. The van der Waals surface area contributed by atoms with E-state index in [-0.39, 0.29) is 12.2 Å². The predicted octanol–water partition coefficient (Wildman–Crippen LogP) is 2.81. The molecule has 0 saturated heterocycles. The standard InChI is InChI=1S/C14H15N3O3/c1-20-12-5-3-11(4-6-12)16-13-7-2-10(9-15)8-14(13)17(18)19/h2-8,16H,9,15H2,1H3. The van der Waals surface area contributed by atoms with Gasteiger partial charge in [-0.25, -0.2) is 0 Å². The highest BCUT2D eigenvalue weighted by Gasteiger charge is 2.14. The largest absolute Gasteiger partial charge is 0.497 e. The molecular formula is C14H15N3O3. The molecule has 2 aromatic rings. The molecule has 0 bridgehead atoms. The number of ether oxygens (including phenoxy) is 1. The number of benzene rings is 2. The lowest BCUT2D eigenvalue weighted by molar-refractivity contribution is -0.384. The zero-order valence-corrected chi connectivity index (χ0v) is 11.0. The van der Waals surface area contributed by atoms with E-state index in [1.807, 2.05) is 0 Å². The molecule has 0 fully saturated rings. The Bertz CT molecular complexity index is 612. The number of nitrogens with one attached hydrogen (secondary N) is 1. The van der Waals surface area contributed by atoms with Crippen LogP contribution in [0.15, 0.2) is 42.5 Å². The maximum absolute atomic E-state index is 11.1. The second kappa shape index (κ2) is 6.03. The average molecular weight is 273 g/mol. The smallest absolute Gasteiger partial charge is 0.292 e. The fraction of sp³-hybridized carbons (Fsp3) is 0.143. The Morgan fingerprint density at radius 2 is 1.95 bits per heavy atom. The fourth-order valence-corrected chi connectivity index (χ4v) is 1.79. The van der Waals surface area contributed by atoms with E-state index in [1.54, 1.807) is 43.5 Å². The van der Waals surface area contributed by atoms with Crippen LogP contribution in [0.3, 0.4) is 0 Å². The van der Waals surface area contributed by atoms with Crippen LogP contribution in [-0.4, -0.2) is 12.0 Å². The summed E-state index contributed by atoms with van der Waals surface area (Å²) in [7, 11) is 1.58. The van der Waals surface area contributed by atoms with Gasteiger partial charge in [-0.2, -0.15) is 0 Å². The van der Waals surface area contributed by atoms with Crippen LogP contribution in [0.25, 0.3) is 0 Å². The van der Waals surface area contributed by atoms with E-state index in [0.29, 0.717) is 5.69 Å². The Morgan fingerprint density at radius 1 is 1.25 bits per heavy atom. The van der Waals surface area contributed by atoms with Crippen LogP contribution in [-0.2, 0) is 6.54 Å². The summed E-state index contributed by atoms with van der Waals surface area (Å²) in [5.74, 6) is 0.725. The topological polar surface area (TPSA) is 90.4 Å². The molecule has 0 amide bonds. The van der Waals surface area contributed by atoms with Crippen LogP contribution in [0, 0.1) is 10.1 Å². The van der Waals surface area contributed by atoms with Crippen molar-refractivity contribution in [3.05, 3.63) is 58.1 Å². The Kier molecular flexibility index (Phi) is 4.17. The van der Waals surface area contributed by atoms with E-state index in [4.69, 9.17) is 10.5 Å². The van der Waals surface area contributed by atoms with Gasteiger partial charge in [0.05, 0.1) is 12.0 Å². The normalized spacial score (nSPS) is 10.1. The number of rotatable bonds is 5. The summed E-state index contributed by atoms with van der Waals surface area (Å²) in [6.07, 6.45) is 0.